The Morgan fingerprint density at radius 3 is 1.39 bits per heavy atom. The number of alkyl halides is 10. The van der Waals surface area contributed by atoms with Gasteiger partial charge < -0.3 is 0 Å². The van der Waals surface area contributed by atoms with Gasteiger partial charge in [-0.15, -0.1) is 0 Å². The first-order valence-corrected chi connectivity index (χ1v) is 4.41. The third-order valence-corrected chi connectivity index (χ3v) is 2.57. The molecule has 0 aliphatic rings. The lowest BCUT2D eigenvalue weighted by atomic mass is 9.81. The van der Waals surface area contributed by atoms with E-state index in [0.717, 1.165) is 0 Å². The van der Waals surface area contributed by atoms with Crippen LogP contribution in [0.3, 0.4) is 0 Å². The average molecular weight is 294 g/mol. The van der Waals surface area contributed by atoms with Crippen molar-refractivity contribution in [1.82, 2.24) is 0 Å². The Bertz CT molecular complexity index is 282. The molecule has 0 spiro atoms. The van der Waals surface area contributed by atoms with Crippen molar-refractivity contribution in [1.29, 1.82) is 0 Å². The minimum atomic E-state index is -6.57. The van der Waals surface area contributed by atoms with Gasteiger partial charge in [-0.1, -0.05) is 6.92 Å². The summed E-state index contributed by atoms with van der Waals surface area (Å²) in [5.41, 5.74) is -5.25. The summed E-state index contributed by atoms with van der Waals surface area (Å²) in [5.74, 6) is -14.7. The van der Waals surface area contributed by atoms with Crippen molar-refractivity contribution in [3.8, 4) is 0 Å². The number of hydrogen-bond acceptors (Lipinski definition) is 0. The second-order valence-corrected chi connectivity index (χ2v) is 3.68. The molecule has 0 aromatic heterocycles. The standard InChI is InChI=1S/C8H8F10/c1-4(6(12,13)3-10)5(11,2-9)7(14,15)8(16,17)18/h4H,2-3H2,1H3. The van der Waals surface area contributed by atoms with E-state index in [1.165, 1.54) is 0 Å². The molecule has 0 saturated heterocycles. The van der Waals surface area contributed by atoms with Crippen LogP contribution in [0.5, 0.6) is 0 Å². The van der Waals surface area contributed by atoms with Crippen LogP contribution >= 0.6 is 0 Å². The van der Waals surface area contributed by atoms with E-state index in [0.29, 0.717) is 0 Å². The Kier molecular flexibility index (Phi) is 4.58. The highest BCUT2D eigenvalue weighted by Gasteiger charge is 2.75. The van der Waals surface area contributed by atoms with Gasteiger partial charge in [-0.05, 0) is 0 Å². The van der Waals surface area contributed by atoms with Crippen LogP contribution in [0.1, 0.15) is 6.92 Å². The molecule has 2 atom stereocenters. The van der Waals surface area contributed by atoms with Crippen molar-refractivity contribution in [3.05, 3.63) is 0 Å². The Hall–Kier alpha value is -0.700. The SMILES string of the molecule is CC(C(F)(F)CF)C(F)(CF)C(F)(F)C(F)(F)F. The summed E-state index contributed by atoms with van der Waals surface area (Å²) in [7, 11) is 0. The van der Waals surface area contributed by atoms with E-state index in [9.17, 15) is 43.9 Å². The molecule has 0 bridgehead atoms. The van der Waals surface area contributed by atoms with Gasteiger partial charge in [-0.3, -0.25) is 0 Å². The fraction of sp³-hybridized carbons (Fsp3) is 1.00. The van der Waals surface area contributed by atoms with E-state index < -0.39 is 43.0 Å². The molecule has 0 nitrogen and oxygen atoms in total. The molecule has 10 heteroatoms. The van der Waals surface area contributed by atoms with Crippen LogP contribution in [0, 0.1) is 5.92 Å². The van der Waals surface area contributed by atoms with Gasteiger partial charge in [0, 0.05) is 0 Å². The summed E-state index contributed by atoms with van der Waals surface area (Å²) in [6.07, 6.45) is -6.57. The van der Waals surface area contributed by atoms with Crippen LogP contribution in [0.2, 0.25) is 0 Å². The van der Waals surface area contributed by atoms with Crippen molar-refractivity contribution in [2.24, 2.45) is 5.92 Å². The normalized spacial score (nSPS) is 19.5. The number of rotatable bonds is 5. The molecule has 0 saturated carbocycles. The lowest BCUT2D eigenvalue weighted by molar-refractivity contribution is -0.347. The van der Waals surface area contributed by atoms with Crippen LogP contribution in [0.4, 0.5) is 43.9 Å². The largest absolute Gasteiger partial charge is 0.456 e. The Labute approximate surface area is 94.9 Å². The van der Waals surface area contributed by atoms with E-state index in [1.807, 2.05) is 0 Å². The monoisotopic (exact) mass is 294 g/mol. The second kappa shape index (κ2) is 4.76. The van der Waals surface area contributed by atoms with Gasteiger partial charge in [0.05, 0.1) is 5.92 Å². The third kappa shape index (κ3) is 2.51. The van der Waals surface area contributed by atoms with E-state index in [4.69, 9.17) is 0 Å². The Morgan fingerprint density at radius 1 is 0.778 bits per heavy atom. The van der Waals surface area contributed by atoms with Crippen LogP contribution in [0.15, 0.2) is 0 Å². The molecule has 0 rings (SSSR count). The maximum Gasteiger partial charge on any atom is 0.456 e. The second-order valence-electron chi connectivity index (χ2n) is 3.68. The van der Waals surface area contributed by atoms with Gasteiger partial charge >= 0.3 is 12.1 Å². The maximum absolute atomic E-state index is 13.4. The molecule has 0 radical (unpaired) electrons. The zero-order chi connectivity index (χ0) is 15.0. The van der Waals surface area contributed by atoms with Gasteiger partial charge in [-0.25, -0.2) is 22.0 Å². The van der Waals surface area contributed by atoms with Gasteiger partial charge in [0.2, 0.25) is 5.67 Å². The first kappa shape index (κ1) is 17.3. The zero-order valence-electron chi connectivity index (χ0n) is 8.77. The quantitative estimate of drug-likeness (QED) is 0.670. The van der Waals surface area contributed by atoms with Crippen LogP contribution in [0.25, 0.3) is 0 Å². The van der Waals surface area contributed by atoms with Gasteiger partial charge in [0.25, 0.3) is 5.92 Å². The highest BCUT2D eigenvalue weighted by atomic mass is 19.4. The molecular weight excluding hydrogens is 286 g/mol. The summed E-state index contributed by atoms with van der Waals surface area (Å²) < 4.78 is 124. The van der Waals surface area contributed by atoms with Crippen LogP contribution in [-0.2, 0) is 0 Å². The van der Waals surface area contributed by atoms with E-state index in [-0.39, 0.29) is 6.92 Å². The maximum atomic E-state index is 13.4. The smallest absolute Gasteiger partial charge is 0.247 e. The molecule has 2 unspecified atom stereocenters. The van der Waals surface area contributed by atoms with Crippen molar-refractivity contribution in [2.45, 2.75) is 30.6 Å². The summed E-state index contributed by atoms with van der Waals surface area (Å²) in [6.45, 7) is -5.83. The first-order valence-electron chi connectivity index (χ1n) is 4.41. The summed E-state index contributed by atoms with van der Waals surface area (Å²) in [5, 5.41) is 0. The molecule has 0 amide bonds. The van der Waals surface area contributed by atoms with Crippen LogP contribution < -0.4 is 0 Å². The lowest BCUT2D eigenvalue weighted by Crippen LogP contribution is -2.62. The summed E-state index contributed by atoms with van der Waals surface area (Å²) in [6, 6.07) is 0. The van der Waals surface area contributed by atoms with Gasteiger partial charge in [-0.2, -0.15) is 22.0 Å². The van der Waals surface area contributed by atoms with Crippen molar-refractivity contribution >= 4 is 0 Å². The molecule has 0 N–H and O–H groups in total. The highest BCUT2D eigenvalue weighted by Crippen LogP contribution is 2.52. The van der Waals surface area contributed by atoms with E-state index in [2.05, 4.69) is 0 Å². The minimum Gasteiger partial charge on any atom is -0.247 e. The van der Waals surface area contributed by atoms with Gasteiger partial charge in [0.1, 0.15) is 6.67 Å². The van der Waals surface area contributed by atoms with Crippen molar-refractivity contribution in [2.75, 3.05) is 13.3 Å². The topological polar surface area (TPSA) is 0 Å². The van der Waals surface area contributed by atoms with Crippen LogP contribution in [-0.4, -0.2) is 37.0 Å². The molecule has 0 fully saturated rings. The molecule has 0 aliphatic heterocycles. The molecule has 0 heterocycles. The van der Waals surface area contributed by atoms with Gasteiger partial charge in [0.15, 0.2) is 6.67 Å². The Morgan fingerprint density at radius 2 is 1.17 bits per heavy atom. The van der Waals surface area contributed by atoms with Crippen molar-refractivity contribution in [3.63, 3.8) is 0 Å². The molecule has 0 aromatic rings. The predicted octanol–water partition coefficient (Wildman–Crippen LogP) is 4.10. The third-order valence-electron chi connectivity index (χ3n) is 2.57. The van der Waals surface area contributed by atoms with E-state index in [1.54, 1.807) is 0 Å². The lowest BCUT2D eigenvalue weighted by Gasteiger charge is -2.39. The summed E-state index contributed by atoms with van der Waals surface area (Å²) >= 11 is 0. The van der Waals surface area contributed by atoms with E-state index >= 15 is 0 Å². The first-order chi connectivity index (χ1) is 7.78. The van der Waals surface area contributed by atoms with Crippen molar-refractivity contribution < 1.29 is 43.9 Å². The highest BCUT2D eigenvalue weighted by molar-refractivity contribution is 5.05. The molecule has 0 aliphatic carbocycles. The molecule has 0 aromatic carbocycles. The average Bonchev–Trinajstić information content (AvgIpc) is 2.25. The minimum absolute atomic E-state index is 0.112. The predicted molar refractivity (Wildman–Crippen MR) is 40.9 cm³/mol. The molecule has 110 valence electrons. The fourth-order valence-electron chi connectivity index (χ4n) is 1.16. The zero-order valence-corrected chi connectivity index (χ0v) is 8.77. The Balaban J connectivity index is 5.65. The fourth-order valence-corrected chi connectivity index (χ4v) is 1.16. The molecule has 18 heavy (non-hydrogen) atoms. The summed E-state index contributed by atoms with van der Waals surface area (Å²) in [4.78, 5) is 0. The number of halogens is 10. The molecular formula is C8H8F10. The number of hydrogen-bond donors (Lipinski definition) is 0.